The maximum absolute atomic E-state index is 12.7. The maximum atomic E-state index is 12.7. The molecule has 1 atom stereocenters. The van der Waals surface area contributed by atoms with Gasteiger partial charge in [-0.15, -0.1) is 0 Å². The normalized spacial score (nSPS) is 12.5. The summed E-state index contributed by atoms with van der Waals surface area (Å²) in [7, 11) is 0. The van der Waals surface area contributed by atoms with Crippen molar-refractivity contribution in [3.05, 3.63) is 35.9 Å². The Kier molecular flexibility index (Phi) is 2.21. The van der Waals surface area contributed by atoms with Crippen LogP contribution in [-0.4, -0.2) is 5.91 Å². The summed E-state index contributed by atoms with van der Waals surface area (Å²) in [5.74, 6) is -1.20. The highest BCUT2D eigenvalue weighted by Crippen LogP contribution is 2.15. The lowest BCUT2D eigenvalue weighted by Gasteiger charge is -2.00. The third-order valence-electron chi connectivity index (χ3n) is 1.32. The lowest BCUT2D eigenvalue weighted by atomic mass is 10.1. The molecule has 0 saturated heterocycles. The molecule has 2 nitrogen and oxygen atoms in total. The van der Waals surface area contributed by atoms with Crippen LogP contribution in [0.25, 0.3) is 0 Å². The smallest absolute Gasteiger partial charge is 0.269 e. The minimum absolute atomic E-state index is 0.243. The summed E-state index contributed by atoms with van der Waals surface area (Å²) in [5, 5.41) is 0. The number of hydrogen-bond donors (Lipinski definition) is 0. The Hall–Kier alpha value is -1.38. The van der Waals surface area contributed by atoms with Gasteiger partial charge in [0.05, 0.1) is 0 Å². The highest BCUT2D eigenvalue weighted by molar-refractivity contribution is 5.79. The number of benzene rings is 1. The number of carbonyl (C=O) groups is 1. The van der Waals surface area contributed by atoms with Crippen molar-refractivity contribution in [1.82, 2.24) is 5.73 Å². The molecule has 0 aliphatic carbocycles. The molecular weight excluding hydrogens is 145 g/mol. The minimum atomic E-state index is -1.80. The average molecular weight is 152 g/mol. The second kappa shape index (κ2) is 3.14. The van der Waals surface area contributed by atoms with Gasteiger partial charge in [0.2, 0.25) is 6.17 Å². The first-order valence-corrected chi connectivity index (χ1v) is 3.16. The van der Waals surface area contributed by atoms with Crippen LogP contribution >= 0.6 is 0 Å². The molecule has 57 valence electrons. The van der Waals surface area contributed by atoms with Gasteiger partial charge in [-0.2, -0.15) is 0 Å². The minimum Gasteiger partial charge on any atom is -0.269 e. The maximum Gasteiger partial charge on any atom is 0.277 e. The molecule has 1 unspecified atom stereocenters. The van der Waals surface area contributed by atoms with E-state index in [4.69, 9.17) is 5.73 Å². The fourth-order valence-corrected chi connectivity index (χ4v) is 0.773. The zero-order valence-corrected chi connectivity index (χ0v) is 5.75. The molecule has 0 spiro atoms. The van der Waals surface area contributed by atoms with Crippen LogP contribution in [0.2, 0.25) is 0 Å². The van der Waals surface area contributed by atoms with Crippen molar-refractivity contribution in [3.63, 3.8) is 0 Å². The van der Waals surface area contributed by atoms with Gasteiger partial charge in [-0.3, -0.25) is 10.5 Å². The predicted molar refractivity (Wildman–Crippen MR) is 38.4 cm³/mol. The highest BCUT2D eigenvalue weighted by Gasteiger charge is 2.15. The summed E-state index contributed by atoms with van der Waals surface area (Å²) < 4.78 is 12.7. The Morgan fingerprint density at radius 2 is 1.91 bits per heavy atom. The number of hydrogen-bond acceptors (Lipinski definition) is 1. The lowest BCUT2D eigenvalue weighted by molar-refractivity contribution is -0.123. The second-order valence-electron chi connectivity index (χ2n) is 2.14. The summed E-state index contributed by atoms with van der Waals surface area (Å²) in [6.07, 6.45) is -1.80. The summed E-state index contributed by atoms with van der Waals surface area (Å²) in [6.45, 7) is 0. The number of halogens is 1. The molecule has 0 aliphatic rings. The molecule has 1 radical (unpaired) electrons. The van der Waals surface area contributed by atoms with E-state index in [0.717, 1.165) is 0 Å². The zero-order valence-electron chi connectivity index (χ0n) is 5.75. The molecule has 1 N–H and O–H groups in total. The van der Waals surface area contributed by atoms with Crippen LogP contribution in [0.15, 0.2) is 30.3 Å². The monoisotopic (exact) mass is 152 g/mol. The van der Waals surface area contributed by atoms with Crippen LogP contribution in [-0.2, 0) is 4.79 Å². The summed E-state index contributed by atoms with van der Waals surface area (Å²) in [6, 6.07) is 7.95. The van der Waals surface area contributed by atoms with Gasteiger partial charge < -0.3 is 0 Å². The van der Waals surface area contributed by atoms with Crippen LogP contribution < -0.4 is 5.73 Å². The lowest BCUT2D eigenvalue weighted by Crippen LogP contribution is -2.07. The van der Waals surface area contributed by atoms with E-state index in [1.54, 1.807) is 18.2 Å². The first-order chi connectivity index (χ1) is 5.22. The van der Waals surface area contributed by atoms with E-state index < -0.39 is 12.1 Å². The molecule has 0 fully saturated rings. The van der Waals surface area contributed by atoms with Gasteiger partial charge in [-0.1, -0.05) is 30.3 Å². The van der Waals surface area contributed by atoms with Gasteiger partial charge in [0, 0.05) is 0 Å². The zero-order chi connectivity index (χ0) is 8.27. The topological polar surface area (TPSA) is 40.9 Å². The molecule has 1 rings (SSSR count). The van der Waals surface area contributed by atoms with E-state index in [-0.39, 0.29) is 5.56 Å². The van der Waals surface area contributed by atoms with E-state index in [0.29, 0.717) is 0 Å². The molecule has 1 amide bonds. The summed E-state index contributed by atoms with van der Waals surface area (Å²) >= 11 is 0. The molecule has 0 aliphatic heterocycles. The van der Waals surface area contributed by atoms with E-state index in [1.165, 1.54) is 12.1 Å². The molecule has 1 aromatic carbocycles. The molecule has 0 bridgehead atoms. The fourth-order valence-electron chi connectivity index (χ4n) is 0.773. The van der Waals surface area contributed by atoms with Crippen LogP contribution in [0.1, 0.15) is 11.7 Å². The third kappa shape index (κ3) is 1.77. The number of nitrogens with one attached hydrogen (secondary N) is 1. The Bertz CT molecular complexity index is 248. The van der Waals surface area contributed by atoms with Crippen LogP contribution in [0.5, 0.6) is 0 Å². The first kappa shape index (κ1) is 7.72. The first-order valence-electron chi connectivity index (χ1n) is 3.16. The Labute approximate surface area is 63.8 Å². The fraction of sp³-hybridized carbons (Fsp3) is 0.125. The SMILES string of the molecule is [NH]C(=O)C(F)c1ccccc1. The molecule has 0 aromatic heterocycles. The number of alkyl halides is 1. The van der Waals surface area contributed by atoms with Crippen molar-refractivity contribution in [2.45, 2.75) is 6.17 Å². The van der Waals surface area contributed by atoms with Gasteiger partial charge in [0.25, 0.3) is 5.91 Å². The Morgan fingerprint density at radius 3 is 2.36 bits per heavy atom. The number of carbonyl (C=O) groups excluding carboxylic acids is 1. The van der Waals surface area contributed by atoms with Gasteiger partial charge in [-0.05, 0) is 5.56 Å². The Balaban J connectivity index is 2.85. The Morgan fingerprint density at radius 1 is 1.36 bits per heavy atom. The molecular formula is C8H7FNO. The average Bonchev–Trinajstić information content (AvgIpc) is 2.05. The summed E-state index contributed by atoms with van der Waals surface area (Å²) in [5.41, 5.74) is 6.75. The molecule has 11 heavy (non-hydrogen) atoms. The van der Waals surface area contributed by atoms with Crippen molar-refractivity contribution < 1.29 is 9.18 Å². The predicted octanol–water partition coefficient (Wildman–Crippen LogP) is 1.51. The van der Waals surface area contributed by atoms with E-state index in [2.05, 4.69) is 0 Å². The second-order valence-corrected chi connectivity index (χ2v) is 2.14. The van der Waals surface area contributed by atoms with E-state index in [9.17, 15) is 9.18 Å². The van der Waals surface area contributed by atoms with Crippen LogP contribution in [0.4, 0.5) is 4.39 Å². The molecule has 1 aromatic rings. The quantitative estimate of drug-likeness (QED) is 0.633. The van der Waals surface area contributed by atoms with Crippen molar-refractivity contribution in [3.8, 4) is 0 Å². The van der Waals surface area contributed by atoms with Crippen molar-refractivity contribution in [2.24, 2.45) is 0 Å². The van der Waals surface area contributed by atoms with Crippen molar-refractivity contribution >= 4 is 5.91 Å². The van der Waals surface area contributed by atoms with E-state index in [1.807, 2.05) is 0 Å². The molecule has 0 heterocycles. The van der Waals surface area contributed by atoms with Gasteiger partial charge in [0.15, 0.2) is 0 Å². The highest BCUT2D eigenvalue weighted by atomic mass is 19.1. The summed E-state index contributed by atoms with van der Waals surface area (Å²) in [4.78, 5) is 10.2. The van der Waals surface area contributed by atoms with E-state index >= 15 is 0 Å². The van der Waals surface area contributed by atoms with Gasteiger partial charge >= 0.3 is 0 Å². The molecule has 0 saturated carbocycles. The van der Waals surface area contributed by atoms with Crippen LogP contribution in [0.3, 0.4) is 0 Å². The third-order valence-corrected chi connectivity index (χ3v) is 1.32. The molecule has 3 heteroatoms. The van der Waals surface area contributed by atoms with Crippen molar-refractivity contribution in [1.29, 1.82) is 0 Å². The standard InChI is InChI=1S/C8H7FNO/c9-7(8(10)11)6-4-2-1-3-5-6/h1-5,7,10H. The van der Waals surface area contributed by atoms with Crippen molar-refractivity contribution in [2.75, 3.05) is 0 Å². The van der Waals surface area contributed by atoms with Gasteiger partial charge in [0.1, 0.15) is 0 Å². The van der Waals surface area contributed by atoms with Crippen LogP contribution in [0, 0.1) is 0 Å². The number of rotatable bonds is 2. The van der Waals surface area contributed by atoms with Gasteiger partial charge in [-0.25, -0.2) is 4.39 Å². The largest absolute Gasteiger partial charge is 0.277 e. The number of amides is 1.